The third-order valence-corrected chi connectivity index (χ3v) is 3.32. The number of carbonyl (C=O) groups is 1. The molecule has 2 aliphatic heterocycles. The molecule has 2 aliphatic rings. The Morgan fingerprint density at radius 2 is 2.43 bits per heavy atom. The summed E-state index contributed by atoms with van der Waals surface area (Å²) < 4.78 is 0. The van der Waals surface area contributed by atoms with E-state index in [1.165, 1.54) is 6.42 Å². The fourth-order valence-electron chi connectivity index (χ4n) is 2.62. The van der Waals surface area contributed by atoms with E-state index in [2.05, 4.69) is 16.8 Å². The molecule has 3 heteroatoms. The molecule has 0 radical (unpaired) electrons. The first kappa shape index (κ1) is 9.71. The van der Waals surface area contributed by atoms with E-state index in [1.807, 2.05) is 0 Å². The van der Waals surface area contributed by atoms with Gasteiger partial charge in [-0.05, 0) is 18.8 Å². The largest absolute Gasteiger partial charge is 0.338 e. The van der Waals surface area contributed by atoms with Crippen molar-refractivity contribution in [3.63, 3.8) is 0 Å². The number of nitrogens with zero attached hydrogens (tertiary/aromatic N) is 1. The molecule has 0 saturated carbocycles. The van der Waals surface area contributed by atoms with E-state index in [0.717, 1.165) is 26.1 Å². The third kappa shape index (κ3) is 1.69. The average molecular weight is 194 g/mol. The molecule has 2 unspecified atom stereocenters. The van der Waals surface area contributed by atoms with Gasteiger partial charge < -0.3 is 10.2 Å². The van der Waals surface area contributed by atoms with Gasteiger partial charge in [0.1, 0.15) is 0 Å². The van der Waals surface area contributed by atoms with Crippen LogP contribution in [0.2, 0.25) is 0 Å². The molecule has 0 aromatic rings. The lowest BCUT2D eigenvalue weighted by Crippen LogP contribution is -2.48. The van der Waals surface area contributed by atoms with E-state index in [0.29, 0.717) is 18.4 Å². The van der Waals surface area contributed by atoms with Crippen molar-refractivity contribution in [3.05, 3.63) is 12.7 Å². The molecule has 0 aromatic heterocycles. The van der Waals surface area contributed by atoms with E-state index in [1.54, 1.807) is 6.08 Å². The molecule has 0 aliphatic carbocycles. The molecule has 1 N–H and O–H groups in total. The van der Waals surface area contributed by atoms with E-state index in [4.69, 9.17) is 0 Å². The molecule has 2 fully saturated rings. The first-order valence-electron chi connectivity index (χ1n) is 5.44. The molecule has 0 spiro atoms. The summed E-state index contributed by atoms with van der Waals surface area (Å²) in [7, 11) is 0. The quantitative estimate of drug-likeness (QED) is 0.659. The van der Waals surface area contributed by atoms with Crippen LogP contribution in [0.15, 0.2) is 12.7 Å². The third-order valence-electron chi connectivity index (χ3n) is 3.32. The minimum Gasteiger partial charge on any atom is -0.338 e. The molecular weight excluding hydrogens is 176 g/mol. The Morgan fingerprint density at radius 1 is 1.57 bits per heavy atom. The van der Waals surface area contributed by atoms with Crippen molar-refractivity contribution in [2.75, 3.05) is 19.6 Å². The highest BCUT2D eigenvalue weighted by molar-refractivity contribution is 5.78. The molecule has 2 heterocycles. The van der Waals surface area contributed by atoms with Crippen molar-refractivity contribution >= 4 is 5.91 Å². The smallest absolute Gasteiger partial charge is 0.226 e. The summed E-state index contributed by atoms with van der Waals surface area (Å²) in [5.74, 6) is 0.941. The number of fused-ring (bicyclic) bond motifs is 1. The first-order valence-corrected chi connectivity index (χ1v) is 5.44. The maximum Gasteiger partial charge on any atom is 0.226 e. The fourth-order valence-corrected chi connectivity index (χ4v) is 2.62. The van der Waals surface area contributed by atoms with Crippen molar-refractivity contribution < 1.29 is 4.79 Å². The van der Waals surface area contributed by atoms with Gasteiger partial charge in [-0.1, -0.05) is 6.08 Å². The zero-order valence-electron chi connectivity index (χ0n) is 8.54. The predicted octanol–water partition coefficient (Wildman–Crippen LogP) is 0.773. The Kier molecular flexibility index (Phi) is 2.87. The highest BCUT2D eigenvalue weighted by Gasteiger charge is 2.36. The predicted molar refractivity (Wildman–Crippen MR) is 55.9 cm³/mol. The summed E-state index contributed by atoms with van der Waals surface area (Å²) in [5, 5.41) is 3.37. The molecule has 2 atom stereocenters. The number of likely N-dealkylation sites (tertiary alicyclic amines) is 1. The van der Waals surface area contributed by atoms with E-state index < -0.39 is 0 Å². The van der Waals surface area contributed by atoms with Crippen LogP contribution < -0.4 is 5.32 Å². The Hall–Kier alpha value is -0.830. The topological polar surface area (TPSA) is 32.3 Å². The van der Waals surface area contributed by atoms with E-state index in [9.17, 15) is 4.79 Å². The van der Waals surface area contributed by atoms with E-state index >= 15 is 0 Å². The second-order valence-corrected chi connectivity index (χ2v) is 4.21. The van der Waals surface area contributed by atoms with Gasteiger partial charge in [-0.25, -0.2) is 0 Å². The SMILES string of the molecule is C=CCC(=O)N1CCCC2CNCC21. The van der Waals surface area contributed by atoms with Gasteiger partial charge in [-0.15, -0.1) is 6.58 Å². The van der Waals surface area contributed by atoms with Crippen LogP contribution in [0.3, 0.4) is 0 Å². The Morgan fingerprint density at radius 3 is 3.21 bits per heavy atom. The standard InChI is InChI=1S/C11H18N2O/c1-2-4-11(14)13-6-3-5-9-7-12-8-10(9)13/h2,9-10,12H,1,3-8H2. The first-order chi connectivity index (χ1) is 6.83. The molecule has 0 aromatic carbocycles. The Bertz CT molecular complexity index is 239. The van der Waals surface area contributed by atoms with Crippen molar-refractivity contribution in [2.45, 2.75) is 25.3 Å². The van der Waals surface area contributed by atoms with Crippen LogP contribution in [0.1, 0.15) is 19.3 Å². The van der Waals surface area contributed by atoms with Gasteiger partial charge in [0.25, 0.3) is 0 Å². The number of carbonyl (C=O) groups excluding carboxylic acids is 1. The summed E-state index contributed by atoms with van der Waals surface area (Å²) >= 11 is 0. The number of amides is 1. The zero-order chi connectivity index (χ0) is 9.97. The fraction of sp³-hybridized carbons (Fsp3) is 0.727. The summed E-state index contributed by atoms with van der Waals surface area (Å²) in [6, 6.07) is 0.455. The summed E-state index contributed by atoms with van der Waals surface area (Å²) in [5.41, 5.74) is 0. The van der Waals surface area contributed by atoms with Gasteiger partial charge in [0, 0.05) is 32.1 Å². The van der Waals surface area contributed by atoms with Crippen LogP contribution in [-0.4, -0.2) is 36.5 Å². The number of piperidine rings is 1. The highest BCUT2D eigenvalue weighted by atomic mass is 16.2. The van der Waals surface area contributed by atoms with Crippen molar-refractivity contribution in [1.29, 1.82) is 0 Å². The molecule has 78 valence electrons. The molecule has 2 rings (SSSR count). The van der Waals surface area contributed by atoms with Gasteiger partial charge in [0.2, 0.25) is 5.91 Å². The second-order valence-electron chi connectivity index (χ2n) is 4.21. The molecule has 1 amide bonds. The average Bonchev–Trinajstić information content (AvgIpc) is 2.65. The van der Waals surface area contributed by atoms with Gasteiger partial charge >= 0.3 is 0 Å². The zero-order valence-corrected chi connectivity index (χ0v) is 8.54. The number of hydrogen-bond acceptors (Lipinski definition) is 2. The maximum absolute atomic E-state index is 11.8. The lowest BCUT2D eigenvalue weighted by atomic mass is 9.92. The minimum atomic E-state index is 0.249. The second kappa shape index (κ2) is 4.13. The van der Waals surface area contributed by atoms with Crippen LogP contribution >= 0.6 is 0 Å². The summed E-state index contributed by atoms with van der Waals surface area (Å²) in [6.45, 7) is 6.62. The summed E-state index contributed by atoms with van der Waals surface area (Å²) in [6.07, 6.45) is 4.62. The highest BCUT2D eigenvalue weighted by Crippen LogP contribution is 2.26. The van der Waals surface area contributed by atoms with Crippen LogP contribution in [0, 0.1) is 5.92 Å². The van der Waals surface area contributed by atoms with E-state index in [-0.39, 0.29) is 5.91 Å². The monoisotopic (exact) mass is 194 g/mol. The van der Waals surface area contributed by atoms with Gasteiger partial charge in [0.05, 0.1) is 0 Å². The van der Waals surface area contributed by atoms with Gasteiger partial charge in [-0.2, -0.15) is 0 Å². The van der Waals surface area contributed by atoms with Crippen molar-refractivity contribution in [2.24, 2.45) is 5.92 Å². The minimum absolute atomic E-state index is 0.249. The molecule has 2 saturated heterocycles. The molecule has 14 heavy (non-hydrogen) atoms. The lowest BCUT2D eigenvalue weighted by molar-refractivity contribution is -0.134. The van der Waals surface area contributed by atoms with Crippen LogP contribution in [-0.2, 0) is 4.79 Å². The van der Waals surface area contributed by atoms with Gasteiger partial charge in [0.15, 0.2) is 0 Å². The molecular formula is C11H18N2O. The number of hydrogen-bond donors (Lipinski definition) is 1. The molecule has 3 nitrogen and oxygen atoms in total. The maximum atomic E-state index is 11.8. The normalized spacial score (nSPS) is 31.3. The van der Waals surface area contributed by atoms with Gasteiger partial charge in [-0.3, -0.25) is 4.79 Å². The lowest BCUT2D eigenvalue weighted by Gasteiger charge is -2.37. The van der Waals surface area contributed by atoms with Crippen LogP contribution in [0.4, 0.5) is 0 Å². The van der Waals surface area contributed by atoms with Crippen LogP contribution in [0.25, 0.3) is 0 Å². The Balaban J connectivity index is 2.02. The number of nitrogens with one attached hydrogen (secondary N) is 1. The summed E-state index contributed by atoms with van der Waals surface area (Å²) in [4.78, 5) is 13.8. The number of rotatable bonds is 2. The van der Waals surface area contributed by atoms with Crippen LogP contribution in [0.5, 0.6) is 0 Å². The van der Waals surface area contributed by atoms with Crippen molar-refractivity contribution in [3.8, 4) is 0 Å². The Labute approximate surface area is 85.2 Å². The molecule has 0 bridgehead atoms. The van der Waals surface area contributed by atoms with Crippen molar-refractivity contribution in [1.82, 2.24) is 10.2 Å².